The molecule has 0 amide bonds. The van der Waals surface area contributed by atoms with Gasteiger partial charge in [0, 0.05) is 19.5 Å². The van der Waals surface area contributed by atoms with Crippen molar-refractivity contribution in [1.82, 2.24) is 4.31 Å². The second-order valence-electron chi connectivity index (χ2n) is 5.13. The van der Waals surface area contributed by atoms with Crippen LogP contribution in [0.1, 0.15) is 18.4 Å². The van der Waals surface area contributed by atoms with Gasteiger partial charge in [-0.3, -0.25) is 4.79 Å². The molecule has 2 aromatic rings. The van der Waals surface area contributed by atoms with Crippen molar-refractivity contribution in [3.8, 4) is 0 Å². The summed E-state index contributed by atoms with van der Waals surface area (Å²) in [5.74, 6) is -0.929. The zero-order chi connectivity index (χ0) is 16.7. The summed E-state index contributed by atoms with van der Waals surface area (Å²) >= 11 is 0. The highest BCUT2D eigenvalue weighted by atomic mass is 32.2. The molecule has 1 N–H and O–H groups in total. The van der Waals surface area contributed by atoms with Gasteiger partial charge in [-0.15, -0.1) is 0 Å². The first-order valence-corrected chi connectivity index (χ1v) is 8.75. The fourth-order valence-electron chi connectivity index (χ4n) is 2.22. The number of carbonyl (C=O) groups is 1. The van der Waals surface area contributed by atoms with E-state index in [1.165, 1.54) is 4.31 Å². The van der Waals surface area contributed by atoms with E-state index in [1.54, 1.807) is 30.3 Å². The van der Waals surface area contributed by atoms with Gasteiger partial charge in [-0.05, 0) is 24.1 Å². The van der Waals surface area contributed by atoms with Gasteiger partial charge in [0.2, 0.25) is 10.0 Å². The van der Waals surface area contributed by atoms with E-state index in [1.807, 2.05) is 30.3 Å². The van der Waals surface area contributed by atoms with Crippen molar-refractivity contribution in [2.75, 3.05) is 6.54 Å². The van der Waals surface area contributed by atoms with E-state index in [2.05, 4.69) is 0 Å². The predicted molar refractivity (Wildman–Crippen MR) is 87.3 cm³/mol. The van der Waals surface area contributed by atoms with Gasteiger partial charge >= 0.3 is 5.97 Å². The van der Waals surface area contributed by atoms with Gasteiger partial charge < -0.3 is 5.11 Å². The van der Waals surface area contributed by atoms with Crippen LogP contribution in [0.3, 0.4) is 0 Å². The molecule has 0 fully saturated rings. The Hall–Kier alpha value is -2.18. The summed E-state index contributed by atoms with van der Waals surface area (Å²) in [6.07, 6.45) is 0.212. The van der Waals surface area contributed by atoms with E-state index >= 15 is 0 Å². The number of sulfonamides is 1. The Morgan fingerprint density at radius 1 is 0.957 bits per heavy atom. The van der Waals surface area contributed by atoms with Crippen molar-refractivity contribution < 1.29 is 18.3 Å². The summed E-state index contributed by atoms with van der Waals surface area (Å²) < 4.78 is 26.9. The Kier molecular flexibility index (Phi) is 5.90. The molecule has 5 nitrogen and oxygen atoms in total. The number of carboxylic acids is 1. The molecule has 0 aliphatic heterocycles. The quantitative estimate of drug-likeness (QED) is 0.806. The Bertz CT molecular complexity index is 730. The Morgan fingerprint density at radius 3 is 2.09 bits per heavy atom. The minimum Gasteiger partial charge on any atom is -0.481 e. The monoisotopic (exact) mass is 333 g/mol. The van der Waals surface area contributed by atoms with Gasteiger partial charge in [-0.25, -0.2) is 8.42 Å². The van der Waals surface area contributed by atoms with Crippen LogP contribution < -0.4 is 0 Å². The molecule has 0 saturated heterocycles. The SMILES string of the molecule is O=C(O)CCCN(Cc1ccccc1)S(=O)(=O)c1ccccc1. The molecule has 0 atom stereocenters. The summed E-state index contributed by atoms with van der Waals surface area (Å²) in [5.41, 5.74) is 0.863. The van der Waals surface area contributed by atoms with Crippen LogP contribution in [0.25, 0.3) is 0 Å². The minimum absolute atomic E-state index is 0.0599. The van der Waals surface area contributed by atoms with Crippen LogP contribution in [0.5, 0.6) is 0 Å². The number of carboxylic acid groups (broad SMARTS) is 1. The van der Waals surface area contributed by atoms with Crippen LogP contribution in [0, 0.1) is 0 Å². The lowest BCUT2D eigenvalue weighted by molar-refractivity contribution is -0.137. The second-order valence-corrected chi connectivity index (χ2v) is 7.07. The summed E-state index contributed by atoms with van der Waals surface area (Å²) in [5, 5.41) is 8.77. The second kappa shape index (κ2) is 7.89. The van der Waals surface area contributed by atoms with Crippen LogP contribution >= 0.6 is 0 Å². The van der Waals surface area contributed by atoms with E-state index in [0.29, 0.717) is 0 Å². The average molecular weight is 333 g/mol. The fourth-order valence-corrected chi connectivity index (χ4v) is 3.71. The summed E-state index contributed by atoms with van der Waals surface area (Å²) in [6, 6.07) is 17.5. The molecule has 23 heavy (non-hydrogen) atoms. The van der Waals surface area contributed by atoms with Crippen LogP contribution in [0.15, 0.2) is 65.6 Å². The van der Waals surface area contributed by atoms with Crippen molar-refractivity contribution >= 4 is 16.0 Å². The third-order valence-electron chi connectivity index (χ3n) is 3.38. The first kappa shape index (κ1) is 17.2. The summed E-state index contributed by atoms with van der Waals surface area (Å²) in [7, 11) is -3.66. The molecular weight excluding hydrogens is 314 g/mol. The molecule has 2 aromatic carbocycles. The molecule has 0 heterocycles. The molecule has 0 unspecified atom stereocenters. The maximum atomic E-state index is 12.8. The van der Waals surface area contributed by atoms with Crippen molar-refractivity contribution in [2.45, 2.75) is 24.3 Å². The molecule has 0 bridgehead atoms. The summed E-state index contributed by atoms with van der Waals surface area (Å²) in [6.45, 7) is 0.385. The lowest BCUT2D eigenvalue weighted by Crippen LogP contribution is -2.32. The van der Waals surface area contributed by atoms with Crippen LogP contribution in [0.2, 0.25) is 0 Å². The standard InChI is InChI=1S/C17H19NO4S/c19-17(20)12-7-13-18(14-15-8-3-1-4-9-15)23(21,22)16-10-5-2-6-11-16/h1-6,8-11H,7,12-14H2,(H,19,20). The van der Waals surface area contributed by atoms with E-state index in [-0.39, 0.29) is 30.8 Å². The zero-order valence-electron chi connectivity index (χ0n) is 12.6. The maximum absolute atomic E-state index is 12.8. The van der Waals surface area contributed by atoms with Gasteiger partial charge in [0.1, 0.15) is 0 Å². The number of nitrogens with zero attached hydrogens (tertiary/aromatic N) is 1. The maximum Gasteiger partial charge on any atom is 0.303 e. The van der Waals surface area contributed by atoms with Crippen LogP contribution in [-0.4, -0.2) is 30.3 Å². The Balaban J connectivity index is 2.23. The van der Waals surface area contributed by atoms with Gasteiger partial charge in [0.05, 0.1) is 4.90 Å². The topological polar surface area (TPSA) is 74.7 Å². The number of benzene rings is 2. The normalized spacial score (nSPS) is 11.5. The molecule has 0 spiro atoms. The third-order valence-corrected chi connectivity index (χ3v) is 5.24. The molecule has 0 radical (unpaired) electrons. The van der Waals surface area contributed by atoms with E-state index in [4.69, 9.17) is 5.11 Å². The third kappa shape index (κ3) is 4.91. The molecule has 2 rings (SSSR count). The average Bonchev–Trinajstić information content (AvgIpc) is 2.55. The van der Waals surface area contributed by atoms with Crippen molar-refractivity contribution in [3.05, 3.63) is 66.2 Å². The predicted octanol–water partition coefficient (Wildman–Crippen LogP) is 2.74. The number of rotatable bonds is 8. The minimum atomic E-state index is -3.66. The van der Waals surface area contributed by atoms with E-state index in [9.17, 15) is 13.2 Å². The smallest absolute Gasteiger partial charge is 0.303 e. The van der Waals surface area contributed by atoms with Crippen molar-refractivity contribution in [3.63, 3.8) is 0 Å². The van der Waals surface area contributed by atoms with E-state index in [0.717, 1.165) is 5.56 Å². The van der Waals surface area contributed by atoms with Crippen molar-refractivity contribution in [1.29, 1.82) is 0 Å². The molecule has 6 heteroatoms. The lowest BCUT2D eigenvalue weighted by atomic mass is 10.2. The Morgan fingerprint density at radius 2 is 1.52 bits per heavy atom. The fraction of sp³-hybridized carbons (Fsp3) is 0.235. The lowest BCUT2D eigenvalue weighted by Gasteiger charge is -2.22. The highest BCUT2D eigenvalue weighted by molar-refractivity contribution is 7.89. The molecule has 122 valence electrons. The largest absolute Gasteiger partial charge is 0.481 e. The van der Waals surface area contributed by atoms with Gasteiger partial charge in [-0.1, -0.05) is 48.5 Å². The van der Waals surface area contributed by atoms with Gasteiger partial charge in [0.15, 0.2) is 0 Å². The molecule has 0 aliphatic rings. The van der Waals surface area contributed by atoms with Gasteiger partial charge in [0.25, 0.3) is 0 Å². The number of hydrogen-bond donors (Lipinski definition) is 1. The van der Waals surface area contributed by atoms with E-state index < -0.39 is 16.0 Å². The molecular formula is C17H19NO4S. The van der Waals surface area contributed by atoms with Crippen LogP contribution in [-0.2, 0) is 21.4 Å². The molecule has 0 aliphatic carbocycles. The molecule has 0 saturated carbocycles. The first-order valence-electron chi connectivity index (χ1n) is 7.31. The van der Waals surface area contributed by atoms with Crippen LogP contribution in [0.4, 0.5) is 0 Å². The van der Waals surface area contributed by atoms with Gasteiger partial charge in [-0.2, -0.15) is 4.31 Å². The number of hydrogen-bond acceptors (Lipinski definition) is 3. The Labute approximate surface area is 136 Å². The summed E-state index contributed by atoms with van der Waals surface area (Å²) in [4.78, 5) is 10.9. The number of aliphatic carboxylic acids is 1. The first-order chi connectivity index (χ1) is 11.0. The van der Waals surface area contributed by atoms with Crippen molar-refractivity contribution in [2.24, 2.45) is 0 Å². The molecule has 0 aromatic heterocycles. The zero-order valence-corrected chi connectivity index (χ0v) is 13.4. The highest BCUT2D eigenvalue weighted by Crippen LogP contribution is 2.19. The highest BCUT2D eigenvalue weighted by Gasteiger charge is 2.24.